The zero-order chi connectivity index (χ0) is 19.8. The molecule has 0 aliphatic heterocycles. The van der Waals surface area contributed by atoms with E-state index in [9.17, 15) is 13.2 Å². The van der Waals surface area contributed by atoms with E-state index in [1.54, 1.807) is 32.2 Å². The molecule has 154 valence electrons. The average Bonchev–Trinajstić information content (AvgIpc) is 2.65. The van der Waals surface area contributed by atoms with Crippen LogP contribution in [0, 0.1) is 12.7 Å². The molecule has 2 rings (SSSR count). The van der Waals surface area contributed by atoms with E-state index in [1.165, 1.54) is 19.2 Å². The number of methoxy groups -OCH3 is 1. The molecule has 9 heteroatoms. The monoisotopic (exact) mass is 509 g/mol. The fraction of sp³-hybridized carbons (Fsp3) is 0.316. The standard InChI is InChI=1S/C19H22F3N3O2.HI/c1-12-4-5-13(8-16(12)20)10-24-19(23-2)25-11-14-9-15(26-3)6-7-17(14)27-18(21)22;/h4-9,18H,10-11H2,1-3H3,(H2,23,24,25);1H. The van der Waals surface area contributed by atoms with Crippen molar-refractivity contribution in [3.8, 4) is 11.5 Å². The van der Waals surface area contributed by atoms with E-state index in [0.29, 0.717) is 29.4 Å². The lowest BCUT2D eigenvalue weighted by atomic mass is 10.1. The number of halogens is 4. The van der Waals surface area contributed by atoms with Crippen molar-refractivity contribution in [1.82, 2.24) is 10.6 Å². The number of aliphatic imine (C=N–C) groups is 1. The Hall–Kier alpha value is -2.17. The molecule has 28 heavy (non-hydrogen) atoms. The SMILES string of the molecule is CN=C(NCc1ccc(C)c(F)c1)NCc1cc(OC)ccc1OC(F)F.I. The summed E-state index contributed by atoms with van der Waals surface area (Å²) in [5, 5.41) is 6.06. The molecule has 0 spiro atoms. The molecule has 0 saturated heterocycles. The second-order valence-corrected chi connectivity index (χ2v) is 5.72. The molecule has 0 heterocycles. The van der Waals surface area contributed by atoms with E-state index in [0.717, 1.165) is 5.56 Å². The summed E-state index contributed by atoms with van der Waals surface area (Å²) in [5.41, 5.74) is 1.81. The predicted molar refractivity (Wildman–Crippen MR) is 113 cm³/mol. The minimum Gasteiger partial charge on any atom is -0.497 e. The first-order valence-corrected chi connectivity index (χ1v) is 8.24. The van der Waals surface area contributed by atoms with E-state index >= 15 is 0 Å². The fourth-order valence-electron chi connectivity index (χ4n) is 2.36. The summed E-state index contributed by atoms with van der Waals surface area (Å²) in [5.74, 6) is 0.727. The molecule has 2 N–H and O–H groups in total. The van der Waals surface area contributed by atoms with Crippen molar-refractivity contribution in [3.63, 3.8) is 0 Å². The Balaban J connectivity index is 0.00000392. The smallest absolute Gasteiger partial charge is 0.387 e. The van der Waals surface area contributed by atoms with Crippen LogP contribution in [0.1, 0.15) is 16.7 Å². The van der Waals surface area contributed by atoms with E-state index in [4.69, 9.17) is 4.74 Å². The summed E-state index contributed by atoms with van der Waals surface area (Å²) < 4.78 is 48.4. The van der Waals surface area contributed by atoms with Crippen LogP contribution in [0.15, 0.2) is 41.4 Å². The normalized spacial score (nSPS) is 11.0. The Morgan fingerprint density at radius 2 is 1.82 bits per heavy atom. The Morgan fingerprint density at radius 3 is 2.43 bits per heavy atom. The average molecular weight is 509 g/mol. The molecule has 0 radical (unpaired) electrons. The summed E-state index contributed by atoms with van der Waals surface area (Å²) >= 11 is 0. The van der Waals surface area contributed by atoms with Gasteiger partial charge in [0.1, 0.15) is 17.3 Å². The lowest BCUT2D eigenvalue weighted by Gasteiger charge is -2.15. The summed E-state index contributed by atoms with van der Waals surface area (Å²) in [6.45, 7) is -0.692. The zero-order valence-corrected chi connectivity index (χ0v) is 18.1. The van der Waals surface area contributed by atoms with Crippen LogP contribution in [0.3, 0.4) is 0 Å². The number of ether oxygens (including phenoxy) is 2. The largest absolute Gasteiger partial charge is 0.497 e. The number of aryl methyl sites for hydroxylation is 1. The van der Waals surface area contributed by atoms with Gasteiger partial charge in [-0.15, -0.1) is 24.0 Å². The molecule has 0 unspecified atom stereocenters. The van der Waals surface area contributed by atoms with Crippen molar-refractivity contribution in [1.29, 1.82) is 0 Å². The Labute approximate surface area is 179 Å². The molecular weight excluding hydrogens is 486 g/mol. The highest BCUT2D eigenvalue weighted by Gasteiger charge is 2.11. The zero-order valence-electron chi connectivity index (χ0n) is 15.8. The molecule has 0 aromatic heterocycles. The molecule has 0 saturated carbocycles. The maximum Gasteiger partial charge on any atom is 0.387 e. The van der Waals surface area contributed by atoms with Crippen LogP contribution in [-0.4, -0.2) is 26.7 Å². The molecule has 0 amide bonds. The van der Waals surface area contributed by atoms with Gasteiger partial charge in [0.2, 0.25) is 0 Å². The summed E-state index contributed by atoms with van der Waals surface area (Å²) in [7, 11) is 3.06. The first-order valence-electron chi connectivity index (χ1n) is 8.24. The van der Waals surface area contributed by atoms with Crippen molar-refractivity contribution < 1.29 is 22.6 Å². The van der Waals surface area contributed by atoms with Gasteiger partial charge in [-0.05, 0) is 42.3 Å². The van der Waals surface area contributed by atoms with Gasteiger partial charge in [-0.25, -0.2) is 4.39 Å². The highest BCUT2D eigenvalue weighted by atomic mass is 127. The van der Waals surface area contributed by atoms with Gasteiger partial charge < -0.3 is 20.1 Å². The lowest BCUT2D eigenvalue weighted by molar-refractivity contribution is -0.0504. The van der Waals surface area contributed by atoms with Crippen LogP contribution < -0.4 is 20.1 Å². The highest BCUT2D eigenvalue weighted by Crippen LogP contribution is 2.25. The van der Waals surface area contributed by atoms with E-state index in [-0.39, 0.29) is 42.1 Å². The molecule has 2 aromatic carbocycles. The molecule has 2 aromatic rings. The molecule has 0 aliphatic rings. The number of alkyl halides is 2. The van der Waals surface area contributed by atoms with Crippen molar-refractivity contribution in [2.24, 2.45) is 4.99 Å². The van der Waals surface area contributed by atoms with Crippen LogP contribution in [0.2, 0.25) is 0 Å². The minimum atomic E-state index is -2.92. The quantitative estimate of drug-likeness (QED) is 0.334. The number of hydrogen-bond donors (Lipinski definition) is 2. The van der Waals surface area contributed by atoms with Crippen LogP contribution in [-0.2, 0) is 13.1 Å². The van der Waals surface area contributed by atoms with Crippen LogP contribution in [0.4, 0.5) is 13.2 Å². The summed E-state index contributed by atoms with van der Waals surface area (Å²) in [4.78, 5) is 4.07. The lowest BCUT2D eigenvalue weighted by Crippen LogP contribution is -2.36. The van der Waals surface area contributed by atoms with Crippen molar-refractivity contribution in [3.05, 3.63) is 58.9 Å². The molecule has 5 nitrogen and oxygen atoms in total. The maximum absolute atomic E-state index is 13.6. The maximum atomic E-state index is 13.6. The van der Waals surface area contributed by atoms with Crippen LogP contribution in [0.5, 0.6) is 11.5 Å². The Bertz CT molecular complexity index is 804. The number of hydrogen-bond acceptors (Lipinski definition) is 3. The first kappa shape index (κ1) is 23.9. The molecular formula is C19H23F3IN3O2. The number of rotatable bonds is 7. The number of guanidine groups is 1. The third-order valence-electron chi connectivity index (χ3n) is 3.85. The molecule has 0 atom stereocenters. The van der Waals surface area contributed by atoms with Gasteiger partial charge in [0.15, 0.2) is 5.96 Å². The highest BCUT2D eigenvalue weighted by molar-refractivity contribution is 14.0. The van der Waals surface area contributed by atoms with Gasteiger partial charge in [0.25, 0.3) is 0 Å². The number of nitrogens with one attached hydrogen (secondary N) is 2. The van der Waals surface area contributed by atoms with Gasteiger partial charge in [-0.1, -0.05) is 12.1 Å². The van der Waals surface area contributed by atoms with Gasteiger partial charge in [-0.3, -0.25) is 4.99 Å². The van der Waals surface area contributed by atoms with Gasteiger partial charge in [0.05, 0.1) is 7.11 Å². The third kappa shape index (κ3) is 7.10. The van der Waals surface area contributed by atoms with Gasteiger partial charge in [0, 0.05) is 25.7 Å². The summed E-state index contributed by atoms with van der Waals surface area (Å²) in [6, 6.07) is 9.54. The van der Waals surface area contributed by atoms with E-state index in [2.05, 4.69) is 20.4 Å². The van der Waals surface area contributed by atoms with Crippen LogP contribution >= 0.6 is 24.0 Å². The van der Waals surface area contributed by atoms with Gasteiger partial charge in [-0.2, -0.15) is 8.78 Å². The Kier molecular flexibility index (Phi) is 9.91. The second kappa shape index (κ2) is 11.6. The molecule has 0 bridgehead atoms. The second-order valence-electron chi connectivity index (χ2n) is 5.72. The summed E-state index contributed by atoms with van der Waals surface area (Å²) in [6.07, 6.45) is 0. The van der Waals surface area contributed by atoms with Crippen molar-refractivity contribution in [2.75, 3.05) is 14.2 Å². The fourth-order valence-corrected chi connectivity index (χ4v) is 2.36. The van der Waals surface area contributed by atoms with E-state index < -0.39 is 6.61 Å². The Morgan fingerprint density at radius 1 is 1.11 bits per heavy atom. The van der Waals surface area contributed by atoms with Crippen LogP contribution in [0.25, 0.3) is 0 Å². The van der Waals surface area contributed by atoms with Crippen molar-refractivity contribution >= 4 is 29.9 Å². The first-order chi connectivity index (χ1) is 12.9. The minimum absolute atomic E-state index is 0. The number of nitrogens with zero attached hydrogens (tertiary/aromatic N) is 1. The predicted octanol–water partition coefficient (Wildman–Crippen LogP) is 4.23. The molecule has 0 fully saturated rings. The molecule has 0 aliphatic carbocycles. The topological polar surface area (TPSA) is 54.9 Å². The van der Waals surface area contributed by atoms with Crippen molar-refractivity contribution in [2.45, 2.75) is 26.6 Å². The van der Waals surface area contributed by atoms with Gasteiger partial charge >= 0.3 is 6.61 Å². The van der Waals surface area contributed by atoms with E-state index in [1.807, 2.05) is 6.07 Å². The number of benzene rings is 2. The third-order valence-corrected chi connectivity index (χ3v) is 3.85.